The van der Waals surface area contributed by atoms with Gasteiger partial charge in [-0.05, 0) is 50.0 Å². The fourth-order valence-corrected chi connectivity index (χ4v) is 3.56. The van der Waals surface area contributed by atoms with Gasteiger partial charge in [0.25, 0.3) is 5.91 Å². The number of aryl methyl sites for hydroxylation is 2. The smallest absolute Gasteiger partial charge is 0.261 e. The van der Waals surface area contributed by atoms with Gasteiger partial charge in [0, 0.05) is 24.7 Å². The monoisotopic (exact) mass is 367 g/mol. The van der Waals surface area contributed by atoms with E-state index in [2.05, 4.69) is 17.1 Å². The highest BCUT2D eigenvalue weighted by atomic mass is 16.5. The van der Waals surface area contributed by atoms with E-state index in [1.54, 1.807) is 6.92 Å². The Morgan fingerprint density at radius 2 is 2.11 bits per heavy atom. The van der Waals surface area contributed by atoms with Crippen LogP contribution in [0.2, 0.25) is 0 Å². The van der Waals surface area contributed by atoms with E-state index in [4.69, 9.17) is 4.52 Å². The first-order chi connectivity index (χ1) is 13.0. The fraction of sp³-hybridized carbons (Fsp3) is 0.381. The highest BCUT2D eigenvalue weighted by Gasteiger charge is 2.24. The third kappa shape index (κ3) is 4.10. The molecule has 27 heavy (non-hydrogen) atoms. The van der Waals surface area contributed by atoms with Crippen LogP contribution in [0.5, 0.6) is 0 Å². The zero-order valence-electron chi connectivity index (χ0n) is 15.8. The molecule has 3 rings (SSSR count). The number of carbonyl (C=O) groups is 2. The molecule has 6 nitrogen and oxygen atoms in total. The van der Waals surface area contributed by atoms with Crippen molar-refractivity contribution in [2.24, 2.45) is 0 Å². The molecule has 6 heteroatoms. The topological polar surface area (TPSA) is 75.4 Å². The number of likely N-dealkylation sites (tertiary alicyclic amines) is 1. The number of aromatic nitrogens is 1. The summed E-state index contributed by atoms with van der Waals surface area (Å²) >= 11 is 0. The Morgan fingerprint density at radius 3 is 2.78 bits per heavy atom. The highest BCUT2D eigenvalue weighted by Crippen LogP contribution is 2.28. The number of amides is 2. The maximum absolute atomic E-state index is 12.5. The lowest BCUT2D eigenvalue weighted by atomic mass is 9.90. The summed E-state index contributed by atoms with van der Waals surface area (Å²) in [6, 6.07) is 7.83. The van der Waals surface area contributed by atoms with Gasteiger partial charge in [-0.15, -0.1) is 0 Å². The van der Waals surface area contributed by atoms with E-state index in [1.165, 1.54) is 11.6 Å². The molecular weight excluding hydrogens is 342 g/mol. The van der Waals surface area contributed by atoms with Gasteiger partial charge in [-0.3, -0.25) is 9.59 Å². The van der Waals surface area contributed by atoms with Crippen LogP contribution < -0.4 is 5.32 Å². The van der Waals surface area contributed by atoms with Crippen LogP contribution in [0.15, 0.2) is 41.4 Å². The third-order valence-electron chi connectivity index (χ3n) is 5.04. The minimum Gasteiger partial charge on any atom is -0.361 e. The second kappa shape index (κ2) is 8.20. The quantitative estimate of drug-likeness (QED) is 0.818. The van der Waals surface area contributed by atoms with Gasteiger partial charge in [0.15, 0.2) is 0 Å². The fourth-order valence-electron chi connectivity index (χ4n) is 3.56. The first kappa shape index (κ1) is 18.9. The van der Waals surface area contributed by atoms with Gasteiger partial charge in [0.2, 0.25) is 5.91 Å². The number of anilines is 1. The largest absolute Gasteiger partial charge is 0.361 e. The van der Waals surface area contributed by atoms with Gasteiger partial charge in [-0.25, -0.2) is 0 Å². The molecule has 2 amide bonds. The van der Waals surface area contributed by atoms with Crippen LogP contribution in [0.4, 0.5) is 5.69 Å². The average Bonchev–Trinajstić information content (AvgIpc) is 3.08. The Balaban J connectivity index is 1.68. The maximum atomic E-state index is 12.5. The number of hydrogen-bond acceptors (Lipinski definition) is 4. The molecule has 1 aliphatic rings. The number of rotatable bonds is 5. The summed E-state index contributed by atoms with van der Waals surface area (Å²) in [7, 11) is 0. The molecule has 0 aliphatic carbocycles. The first-order valence-corrected chi connectivity index (χ1v) is 9.31. The molecule has 0 radical (unpaired) electrons. The molecular formula is C21H25N3O3. The van der Waals surface area contributed by atoms with Crippen molar-refractivity contribution in [2.75, 3.05) is 18.4 Å². The molecule has 0 saturated carbocycles. The number of piperidine rings is 1. The van der Waals surface area contributed by atoms with E-state index < -0.39 is 0 Å². The number of nitrogens with one attached hydrogen (secondary N) is 1. The summed E-state index contributed by atoms with van der Waals surface area (Å²) in [4.78, 5) is 26.3. The average molecular weight is 367 g/mol. The van der Waals surface area contributed by atoms with Crippen molar-refractivity contribution in [3.8, 4) is 0 Å². The van der Waals surface area contributed by atoms with Gasteiger partial charge in [-0.1, -0.05) is 30.8 Å². The zero-order chi connectivity index (χ0) is 19.4. The highest BCUT2D eigenvalue weighted by molar-refractivity contribution is 6.05. The molecule has 1 N–H and O–H groups in total. The predicted molar refractivity (Wildman–Crippen MR) is 104 cm³/mol. The van der Waals surface area contributed by atoms with E-state index >= 15 is 0 Å². The van der Waals surface area contributed by atoms with Crippen molar-refractivity contribution in [3.63, 3.8) is 0 Å². The van der Waals surface area contributed by atoms with Crippen LogP contribution in [0.3, 0.4) is 0 Å². The van der Waals surface area contributed by atoms with Gasteiger partial charge in [-0.2, -0.15) is 0 Å². The second-order valence-corrected chi connectivity index (χ2v) is 6.82. The Bertz CT molecular complexity index is 839. The maximum Gasteiger partial charge on any atom is 0.261 e. The molecule has 1 aromatic heterocycles. The molecule has 1 saturated heterocycles. The lowest BCUT2D eigenvalue weighted by molar-refractivity contribution is -0.127. The molecule has 1 aromatic carbocycles. The van der Waals surface area contributed by atoms with Crippen LogP contribution in [0, 0.1) is 6.92 Å². The van der Waals surface area contributed by atoms with Crippen LogP contribution in [0.1, 0.15) is 53.1 Å². The Labute approximate surface area is 159 Å². The molecule has 1 aliphatic heterocycles. The van der Waals surface area contributed by atoms with Crippen LogP contribution in [-0.2, 0) is 11.2 Å². The van der Waals surface area contributed by atoms with Crippen LogP contribution in [0.25, 0.3) is 0 Å². The van der Waals surface area contributed by atoms with E-state index in [9.17, 15) is 9.59 Å². The van der Waals surface area contributed by atoms with Gasteiger partial charge >= 0.3 is 0 Å². The third-order valence-corrected chi connectivity index (χ3v) is 5.04. The van der Waals surface area contributed by atoms with Crippen molar-refractivity contribution in [3.05, 3.63) is 59.5 Å². The summed E-state index contributed by atoms with van der Waals surface area (Å²) in [6.07, 6.45) is 4.04. The van der Waals surface area contributed by atoms with Crippen LogP contribution >= 0.6 is 0 Å². The molecule has 0 spiro atoms. The molecule has 1 atom stereocenters. The lowest BCUT2D eigenvalue weighted by Gasteiger charge is -2.32. The van der Waals surface area contributed by atoms with E-state index in [1.807, 2.05) is 36.1 Å². The minimum atomic E-state index is -0.209. The Kier molecular flexibility index (Phi) is 5.74. The molecule has 0 bridgehead atoms. The lowest BCUT2D eigenvalue weighted by Crippen LogP contribution is -2.38. The second-order valence-electron chi connectivity index (χ2n) is 6.82. The summed E-state index contributed by atoms with van der Waals surface area (Å²) < 4.78 is 5.13. The van der Waals surface area contributed by atoms with Crippen molar-refractivity contribution >= 4 is 17.5 Å². The van der Waals surface area contributed by atoms with Crippen molar-refractivity contribution in [2.45, 2.75) is 39.0 Å². The van der Waals surface area contributed by atoms with E-state index in [0.29, 0.717) is 35.9 Å². The normalized spacial score (nSPS) is 16.8. The van der Waals surface area contributed by atoms with Gasteiger partial charge in [0.05, 0.1) is 5.69 Å². The Morgan fingerprint density at radius 1 is 1.37 bits per heavy atom. The molecule has 1 unspecified atom stereocenters. The summed E-state index contributed by atoms with van der Waals surface area (Å²) in [5.74, 6) is 0.604. The number of nitrogens with zero attached hydrogens (tertiary/aromatic N) is 2. The predicted octanol–water partition coefficient (Wildman–Crippen LogP) is 3.69. The van der Waals surface area contributed by atoms with Crippen molar-refractivity contribution < 1.29 is 14.1 Å². The molecule has 2 heterocycles. The molecule has 2 aromatic rings. The summed E-state index contributed by atoms with van der Waals surface area (Å²) in [6.45, 7) is 8.74. The summed E-state index contributed by atoms with van der Waals surface area (Å²) in [5, 5.41) is 6.83. The van der Waals surface area contributed by atoms with Gasteiger partial charge in [0.1, 0.15) is 11.3 Å². The first-order valence-electron chi connectivity index (χ1n) is 9.31. The number of benzene rings is 1. The SMILES string of the molecule is C=CC(=O)N1CCCC(c2ccc(NC(=O)c3c(CC)noc3C)cc2)C1. The summed E-state index contributed by atoms with van der Waals surface area (Å²) in [5.41, 5.74) is 3.06. The minimum absolute atomic E-state index is 0.0144. The zero-order valence-corrected chi connectivity index (χ0v) is 15.8. The van der Waals surface area contributed by atoms with Gasteiger partial charge < -0.3 is 14.7 Å². The standard InChI is InChI=1S/C21H25N3O3/c1-4-18-20(14(3)27-23-18)21(26)22-17-10-8-15(9-11-17)16-7-6-12-24(13-16)19(25)5-2/h5,8-11,16H,2,4,6-7,12-13H2,1,3H3,(H,22,26). The van der Waals surface area contributed by atoms with E-state index in [0.717, 1.165) is 25.1 Å². The molecule has 1 fully saturated rings. The van der Waals surface area contributed by atoms with Crippen LogP contribution in [-0.4, -0.2) is 35.0 Å². The number of hydrogen-bond donors (Lipinski definition) is 1. The number of carbonyl (C=O) groups excluding carboxylic acids is 2. The van der Waals surface area contributed by atoms with Crippen molar-refractivity contribution in [1.82, 2.24) is 10.1 Å². The Hall–Kier alpha value is -2.89. The molecule has 142 valence electrons. The van der Waals surface area contributed by atoms with Crippen molar-refractivity contribution in [1.29, 1.82) is 0 Å². The van der Waals surface area contributed by atoms with E-state index in [-0.39, 0.29) is 11.8 Å².